The Morgan fingerprint density at radius 2 is 1.27 bits per heavy atom. The lowest BCUT2D eigenvalue weighted by Gasteiger charge is -2.01. The van der Waals surface area contributed by atoms with Crippen LogP contribution in [0.4, 0.5) is 8.63 Å². The van der Waals surface area contributed by atoms with Gasteiger partial charge in [-0.1, -0.05) is 88.8 Å². The Labute approximate surface area is 268 Å². The Morgan fingerprint density at radius 1 is 0.682 bits per heavy atom. The summed E-state index contributed by atoms with van der Waals surface area (Å²) in [6, 6.07) is 24.7. The zero-order valence-corrected chi connectivity index (χ0v) is 27.3. The Hall–Kier alpha value is -3.29. The monoisotopic (exact) mass is 625 g/mol. The van der Waals surface area contributed by atoms with Crippen LogP contribution in [0.2, 0.25) is 0 Å². The minimum absolute atomic E-state index is 0.532. The maximum Gasteiger partial charge on any atom is 0.935 e. The highest BCUT2D eigenvalue weighted by Crippen LogP contribution is 2.39. The van der Waals surface area contributed by atoms with E-state index in [1.165, 1.54) is 64.1 Å². The molecule has 7 heteroatoms. The van der Waals surface area contributed by atoms with Crippen LogP contribution in [0.1, 0.15) is 96.7 Å². The predicted octanol–water partition coefficient (Wildman–Crippen LogP) is 11.5. The lowest BCUT2D eigenvalue weighted by Crippen LogP contribution is -2.24. The lowest BCUT2D eigenvalue weighted by molar-refractivity contribution is -0.295. The summed E-state index contributed by atoms with van der Waals surface area (Å²) in [7, 11) is -2.67. The highest BCUT2D eigenvalue weighted by molar-refractivity contribution is 7.15. The third-order valence-corrected chi connectivity index (χ3v) is 10.9. The largest absolute Gasteiger partial charge is 0.935 e. The van der Waals surface area contributed by atoms with Crippen LogP contribution in [0.3, 0.4) is 0 Å². The second-order valence-electron chi connectivity index (χ2n) is 11.7. The average Bonchev–Trinajstić information content (AvgIpc) is 3.83. The van der Waals surface area contributed by atoms with E-state index in [1.54, 1.807) is 11.3 Å². The molecule has 0 bridgehead atoms. The van der Waals surface area contributed by atoms with E-state index in [2.05, 4.69) is 55.2 Å². The first-order valence-electron chi connectivity index (χ1n) is 16.1. The summed E-state index contributed by atoms with van der Waals surface area (Å²) in [5, 5.41) is 2.15. The number of hydrogen-bond donors (Lipinski definition) is 1. The second-order valence-corrected chi connectivity index (χ2v) is 14.0. The van der Waals surface area contributed by atoms with E-state index in [9.17, 15) is 0 Å². The summed E-state index contributed by atoms with van der Waals surface area (Å²) < 4.78 is 31.4. The molecular formula is C37H40BF2N2S2+. The van der Waals surface area contributed by atoms with Crippen molar-refractivity contribution in [2.75, 3.05) is 0 Å². The van der Waals surface area contributed by atoms with Crippen LogP contribution in [0.25, 0.3) is 33.1 Å². The molecule has 6 rings (SSSR count). The molecule has 0 spiro atoms. The lowest BCUT2D eigenvalue weighted by atomic mass is 10.0. The molecule has 0 unspecified atom stereocenters. The molecule has 0 amide bonds. The van der Waals surface area contributed by atoms with Crippen LogP contribution in [0.15, 0.2) is 72.8 Å². The molecule has 1 aliphatic heterocycles. The van der Waals surface area contributed by atoms with E-state index in [0.29, 0.717) is 11.4 Å². The number of rotatable bonds is 14. The van der Waals surface area contributed by atoms with Crippen molar-refractivity contribution in [2.24, 2.45) is 0 Å². The third-order valence-electron chi connectivity index (χ3n) is 8.54. The molecule has 226 valence electrons. The number of unbranched alkanes of at least 4 members (excludes halogenated alkanes) is 6. The summed E-state index contributed by atoms with van der Waals surface area (Å²) in [5.41, 5.74) is 4.75. The van der Waals surface area contributed by atoms with E-state index < -0.39 is 7.40 Å². The number of aromatic amines is 1. The Balaban J connectivity index is 1.40. The molecular weight excluding hydrogens is 585 g/mol. The van der Waals surface area contributed by atoms with E-state index >= 15 is 8.63 Å². The van der Waals surface area contributed by atoms with Gasteiger partial charge in [0.15, 0.2) is 5.70 Å². The molecule has 1 aliphatic rings. The third kappa shape index (κ3) is 6.41. The molecule has 44 heavy (non-hydrogen) atoms. The predicted molar refractivity (Wildman–Crippen MR) is 187 cm³/mol. The zero-order chi connectivity index (χ0) is 30.5. The van der Waals surface area contributed by atoms with Gasteiger partial charge in [-0.15, -0.1) is 22.7 Å². The molecule has 0 radical (unpaired) electrons. The molecule has 0 saturated heterocycles. The summed E-state index contributed by atoms with van der Waals surface area (Å²) in [6.07, 6.45) is 13.8. The van der Waals surface area contributed by atoms with Crippen molar-refractivity contribution in [3.63, 3.8) is 0 Å². The average molecular weight is 626 g/mol. The van der Waals surface area contributed by atoms with Gasteiger partial charge in [-0.3, -0.25) is 0 Å². The quantitative estimate of drug-likeness (QED) is 0.0935. The number of fused-ring (bicyclic) bond motifs is 2. The molecule has 4 heterocycles. The number of benzene rings is 2. The summed E-state index contributed by atoms with van der Waals surface area (Å²) in [4.78, 5) is 8.39. The van der Waals surface area contributed by atoms with Gasteiger partial charge >= 0.3 is 7.40 Å². The van der Waals surface area contributed by atoms with Crippen LogP contribution in [-0.2, 0) is 12.8 Å². The van der Waals surface area contributed by atoms with Crippen LogP contribution in [0, 0.1) is 0 Å². The Morgan fingerprint density at radius 3 is 1.93 bits per heavy atom. The number of nitrogens with one attached hydrogen (secondary N) is 1. The first-order chi connectivity index (χ1) is 21.6. The SMILES string of the molecule is CCCCCCc1ccc(C2=[N+](B(F)F)C(=Cc3[nH]c(-c4ccc(CCCCCC)s4)c4ccccc34)c3ccccc32)s1. The Bertz CT molecular complexity index is 1790. The highest BCUT2D eigenvalue weighted by Gasteiger charge is 2.47. The van der Waals surface area contributed by atoms with Crippen molar-refractivity contribution >= 4 is 58.3 Å². The fourth-order valence-corrected chi connectivity index (χ4v) is 8.45. The smallest absolute Gasteiger partial charge is 0.353 e. The zero-order valence-electron chi connectivity index (χ0n) is 25.7. The number of hydrogen-bond acceptors (Lipinski definition) is 2. The van der Waals surface area contributed by atoms with Crippen molar-refractivity contribution in [1.82, 2.24) is 4.98 Å². The Kier molecular flexibility index (Phi) is 9.93. The van der Waals surface area contributed by atoms with Crippen LogP contribution >= 0.6 is 22.7 Å². The molecule has 0 aliphatic carbocycles. The van der Waals surface area contributed by atoms with Crippen LogP contribution < -0.4 is 0 Å². The first-order valence-corrected chi connectivity index (χ1v) is 17.8. The summed E-state index contributed by atoms with van der Waals surface area (Å²) >= 11 is 3.48. The van der Waals surface area contributed by atoms with E-state index in [1.807, 2.05) is 53.8 Å². The maximum absolute atomic E-state index is 15.1. The van der Waals surface area contributed by atoms with Gasteiger partial charge < -0.3 is 4.98 Å². The minimum Gasteiger partial charge on any atom is -0.353 e. The molecule has 0 fully saturated rings. The summed E-state index contributed by atoms with van der Waals surface area (Å²) in [6.45, 7) is 4.46. The van der Waals surface area contributed by atoms with Gasteiger partial charge in [0, 0.05) is 26.6 Å². The van der Waals surface area contributed by atoms with Gasteiger partial charge in [-0.2, -0.15) is 0 Å². The maximum atomic E-state index is 15.1. The van der Waals surface area contributed by atoms with Crippen molar-refractivity contribution in [3.8, 4) is 10.6 Å². The number of aryl methyl sites for hydroxylation is 2. The fraction of sp³-hybridized carbons (Fsp3) is 0.324. The number of nitrogens with zero attached hydrogens (tertiary/aromatic N) is 1. The minimum atomic E-state index is -2.67. The van der Waals surface area contributed by atoms with Gasteiger partial charge in [0.05, 0.1) is 32.3 Å². The molecule has 3 aromatic heterocycles. The van der Waals surface area contributed by atoms with Gasteiger partial charge in [-0.05, 0) is 62.1 Å². The standard InChI is InChI=1S/C37H39BF2N2S2/c1-3-5-7-9-15-26-21-23-34(43-26)36-30-19-13-11-17-28(30)32(41-36)25-33-29-18-12-14-20-31(29)37(42(33)38(39)40)35-24-22-27(44-35)16-10-8-6-4-2/h11-14,17-25H,3-10,15-16H2,1-2H3/p+1. The van der Waals surface area contributed by atoms with Crippen molar-refractivity contribution in [2.45, 2.75) is 78.1 Å². The topological polar surface area (TPSA) is 18.8 Å². The molecule has 5 aromatic rings. The van der Waals surface area contributed by atoms with Crippen LogP contribution in [0.5, 0.6) is 0 Å². The van der Waals surface area contributed by atoms with Crippen LogP contribution in [-0.4, -0.2) is 22.6 Å². The molecule has 0 atom stereocenters. The second kappa shape index (κ2) is 14.2. The van der Waals surface area contributed by atoms with Gasteiger partial charge in [-0.25, -0.2) is 13.1 Å². The van der Waals surface area contributed by atoms with Crippen molar-refractivity contribution in [3.05, 3.63) is 104 Å². The normalized spacial score (nSPS) is 13.9. The molecule has 1 N–H and O–H groups in total. The first kappa shape index (κ1) is 30.7. The molecule has 0 saturated carbocycles. The summed E-state index contributed by atoms with van der Waals surface area (Å²) in [5.74, 6) is 0. The number of thiophene rings is 2. The van der Waals surface area contributed by atoms with E-state index in [-0.39, 0.29) is 0 Å². The molecule has 2 nitrogen and oxygen atoms in total. The van der Waals surface area contributed by atoms with Gasteiger partial charge in [0.2, 0.25) is 5.71 Å². The van der Waals surface area contributed by atoms with E-state index in [0.717, 1.165) is 57.4 Å². The highest BCUT2D eigenvalue weighted by atomic mass is 32.1. The fourth-order valence-electron chi connectivity index (χ4n) is 6.28. The van der Waals surface area contributed by atoms with Crippen molar-refractivity contribution in [1.29, 1.82) is 0 Å². The van der Waals surface area contributed by atoms with E-state index in [4.69, 9.17) is 0 Å². The number of aromatic nitrogens is 1. The number of H-pyrrole nitrogens is 1. The number of halogens is 2. The van der Waals surface area contributed by atoms with Gasteiger partial charge in [0.1, 0.15) is 0 Å². The van der Waals surface area contributed by atoms with Crippen molar-refractivity contribution < 1.29 is 13.1 Å². The van der Waals surface area contributed by atoms with Gasteiger partial charge in [0.25, 0.3) is 0 Å². The molecule has 2 aromatic carbocycles.